The van der Waals surface area contributed by atoms with Gasteiger partial charge in [0.1, 0.15) is 0 Å². The van der Waals surface area contributed by atoms with Crippen LogP contribution in [0.5, 0.6) is 0 Å². The average Bonchev–Trinajstić information content (AvgIpc) is 2.35. The quantitative estimate of drug-likeness (QED) is 0.731. The van der Waals surface area contributed by atoms with Crippen LogP contribution < -0.4 is 0 Å². The van der Waals surface area contributed by atoms with E-state index in [1.807, 2.05) is 0 Å². The number of ether oxygens (including phenoxy) is 3. The molecule has 0 aromatic heterocycles. The molecule has 0 aliphatic carbocycles. The van der Waals surface area contributed by atoms with Crippen molar-refractivity contribution in [2.45, 2.75) is 6.10 Å². The molecule has 0 N–H and O–H groups in total. The van der Waals surface area contributed by atoms with Gasteiger partial charge < -0.3 is 14.2 Å². The van der Waals surface area contributed by atoms with E-state index in [1.54, 1.807) is 30.3 Å². The molecule has 0 aliphatic heterocycles. The van der Waals surface area contributed by atoms with Crippen LogP contribution >= 0.6 is 0 Å². The molecule has 0 fully saturated rings. The highest BCUT2D eigenvalue weighted by atomic mass is 16.7. The van der Waals surface area contributed by atoms with Gasteiger partial charge in [-0.25, -0.2) is 9.59 Å². The SMILES string of the molecule is COC(=O)OC(C(=O)OC)c1ccccc1. The summed E-state index contributed by atoms with van der Waals surface area (Å²) in [6.07, 6.45) is -2.03. The van der Waals surface area contributed by atoms with Crippen molar-refractivity contribution in [2.75, 3.05) is 14.2 Å². The maximum absolute atomic E-state index is 11.4. The first-order chi connectivity index (χ1) is 7.69. The van der Waals surface area contributed by atoms with Crippen LogP contribution in [0.25, 0.3) is 0 Å². The van der Waals surface area contributed by atoms with Crippen molar-refractivity contribution in [3.8, 4) is 0 Å². The molecule has 1 aromatic carbocycles. The van der Waals surface area contributed by atoms with E-state index >= 15 is 0 Å². The Kier molecular flexibility index (Phi) is 4.32. The Morgan fingerprint density at radius 1 is 1.06 bits per heavy atom. The fourth-order valence-electron chi connectivity index (χ4n) is 1.13. The van der Waals surface area contributed by atoms with Crippen LogP contribution in [0.2, 0.25) is 0 Å². The molecule has 0 heterocycles. The van der Waals surface area contributed by atoms with Crippen LogP contribution in [0.4, 0.5) is 4.79 Å². The fraction of sp³-hybridized carbons (Fsp3) is 0.273. The lowest BCUT2D eigenvalue weighted by molar-refractivity contribution is -0.152. The van der Waals surface area contributed by atoms with Crippen molar-refractivity contribution in [2.24, 2.45) is 0 Å². The maximum atomic E-state index is 11.4. The van der Waals surface area contributed by atoms with Gasteiger partial charge in [0, 0.05) is 5.56 Å². The molecule has 0 saturated carbocycles. The van der Waals surface area contributed by atoms with E-state index in [1.165, 1.54) is 14.2 Å². The van der Waals surface area contributed by atoms with E-state index in [4.69, 9.17) is 4.74 Å². The predicted molar refractivity (Wildman–Crippen MR) is 54.7 cm³/mol. The van der Waals surface area contributed by atoms with Gasteiger partial charge in [-0.05, 0) is 0 Å². The molecule has 0 amide bonds. The largest absolute Gasteiger partial charge is 0.509 e. The van der Waals surface area contributed by atoms with Gasteiger partial charge in [-0.2, -0.15) is 0 Å². The van der Waals surface area contributed by atoms with E-state index in [9.17, 15) is 9.59 Å². The zero-order valence-electron chi connectivity index (χ0n) is 9.01. The van der Waals surface area contributed by atoms with Crippen LogP contribution in [-0.4, -0.2) is 26.3 Å². The third-order valence-corrected chi connectivity index (χ3v) is 1.90. The first kappa shape index (κ1) is 12.0. The minimum Gasteiger partial charge on any atom is -0.466 e. The topological polar surface area (TPSA) is 61.8 Å². The Bertz CT molecular complexity index is 360. The van der Waals surface area contributed by atoms with E-state index in [2.05, 4.69) is 9.47 Å². The number of methoxy groups -OCH3 is 2. The second kappa shape index (κ2) is 5.75. The van der Waals surface area contributed by atoms with Crippen LogP contribution in [0.1, 0.15) is 11.7 Å². The van der Waals surface area contributed by atoms with Gasteiger partial charge in [-0.1, -0.05) is 30.3 Å². The van der Waals surface area contributed by atoms with Gasteiger partial charge in [-0.15, -0.1) is 0 Å². The summed E-state index contributed by atoms with van der Waals surface area (Å²) in [6.45, 7) is 0. The third kappa shape index (κ3) is 2.98. The van der Waals surface area contributed by atoms with Crippen LogP contribution in [0.15, 0.2) is 30.3 Å². The molecule has 0 spiro atoms. The second-order valence-corrected chi connectivity index (χ2v) is 2.89. The lowest BCUT2D eigenvalue weighted by Crippen LogP contribution is -2.21. The van der Waals surface area contributed by atoms with Crippen LogP contribution in [0.3, 0.4) is 0 Å². The first-order valence-electron chi connectivity index (χ1n) is 4.56. The second-order valence-electron chi connectivity index (χ2n) is 2.89. The molecule has 0 radical (unpaired) electrons. The van der Waals surface area contributed by atoms with Crippen molar-refractivity contribution in [1.82, 2.24) is 0 Å². The van der Waals surface area contributed by atoms with Crippen molar-refractivity contribution >= 4 is 12.1 Å². The molecular formula is C11H12O5. The number of rotatable bonds is 3. The molecule has 0 saturated heterocycles. The summed E-state index contributed by atoms with van der Waals surface area (Å²) in [5, 5.41) is 0. The van der Waals surface area contributed by atoms with E-state index < -0.39 is 18.2 Å². The molecule has 5 heteroatoms. The minimum atomic E-state index is -1.10. The van der Waals surface area contributed by atoms with Crippen LogP contribution in [0, 0.1) is 0 Å². The van der Waals surface area contributed by atoms with Crippen molar-refractivity contribution in [1.29, 1.82) is 0 Å². The summed E-state index contributed by atoms with van der Waals surface area (Å²) in [4.78, 5) is 22.4. The maximum Gasteiger partial charge on any atom is 0.509 e. The lowest BCUT2D eigenvalue weighted by Gasteiger charge is -2.14. The summed E-state index contributed by atoms with van der Waals surface area (Å²) in [7, 11) is 2.39. The molecule has 1 rings (SSSR count). The van der Waals surface area contributed by atoms with Gasteiger partial charge in [0.05, 0.1) is 14.2 Å². The highest BCUT2D eigenvalue weighted by molar-refractivity contribution is 5.78. The Hall–Kier alpha value is -2.04. The first-order valence-corrected chi connectivity index (χ1v) is 4.56. The molecule has 5 nitrogen and oxygen atoms in total. The monoisotopic (exact) mass is 224 g/mol. The number of hydrogen-bond acceptors (Lipinski definition) is 5. The van der Waals surface area contributed by atoms with Gasteiger partial charge in [-0.3, -0.25) is 0 Å². The molecule has 0 bridgehead atoms. The number of hydrogen-bond donors (Lipinski definition) is 0. The van der Waals surface area contributed by atoms with Crippen LogP contribution in [-0.2, 0) is 19.0 Å². The van der Waals surface area contributed by atoms with Crippen molar-refractivity contribution < 1.29 is 23.8 Å². The Labute approximate surface area is 92.9 Å². The Morgan fingerprint density at radius 3 is 2.19 bits per heavy atom. The van der Waals surface area contributed by atoms with E-state index in [0.717, 1.165) is 0 Å². The molecular weight excluding hydrogens is 212 g/mol. The number of benzene rings is 1. The van der Waals surface area contributed by atoms with Gasteiger partial charge in [0.25, 0.3) is 0 Å². The van der Waals surface area contributed by atoms with E-state index in [0.29, 0.717) is 5.56 Å². The summed E-state index contributed by atoms with van der Waals surface area (Å²) >= 11 is 0. The fourth-order valence-corrected chi connectivity index (χ4v) is 1.13. The smallest absolute Gasteiger partial charge is 0.466 e. The molecule has 1 unspecified atom stereocenters. The number of esters is 1. The van der Waals surface area contributed by atoms with Crippen molar-refractivity contribution in [3.05, 3.63) is 35.9 Å². The van der Waals surface area contributed by atoms with Crippen molar-refractivity contribution in [3.63, 3.8) is 0 Å². The zero-order chi connectivity index (χ0) is 12.0. The minimum absolute atomic E-state index is 0.528. The number of carbonyl (C=O) groups is 2. The predicted octanol–water partition coefficient (Wildman–Crippen LogP) is 1.68. The average molecular weight is 224 g/mol. The summed E-state index contributed by atoms with van der Waals surface area (Å²) in [5.74, 6) is -0.656. The highest BCUT2D eigenvalue weighted by Gasteiger charge is 2.25. The van der Waals surface area contributed by atoms with E-state index in [-0.39, 0.29) is 0 Å². The Balaban J connectivity index is 2.88. The summed E-state index contributed by atoms with van der Waals surface area (Å²) < 4.78 is 13.7. The highest BCUT2D eigenvalue weighted by Crippen LogP contribution is 2.19. The summed E-state index contributed by atoms with van der Waals surface area (Å²) in [6, 6.07) is 8.56. The lowest BCUT2D eigenvalue weighted by atomic mass is 10.1. The normalized spacial score (nSPS) is 11.4. The standard InChI is InChI=1S/C11H12O5/c1-14-10(12)9(16-11(13)15-2)8-6-4-3-5-7-8/h3-7,9H,1-2H3. The van der Waals surface area contributed by atoms with Gasteiger partial charge in [0.2, 0.25) is 6.10 Å². The zero-order valence-corrected chi connectivity index (χ0v) is 9.01. The summed E-state index contributed by atoms with van der Waals surface area (Å²) in [5.41, 5.74) is 0.528. The van der Waals surface area contributed by atoms with Gasteiger partial charge in [0.15, 0.2) is 0 Å². The molecule has 86 valence electrons. The molecule has 0 aliphatic rings. The van der Waals surface area contributed by atoms with Gasteiger partial charge >= 0.3 is 12.1 Å². The Morgan fingerprint density at radius 2 is 1.69 bits per heavy atom. The number of carbonyl (C=O) groups excluding carboxylic acids is 2. The molecule has 1 aromatic rings. The molecule has 1 atom stereocenters. The third-order valence-electron chi connectivity index (χ3n) is 1.90. The molecule has 16 heavy (non-hydrogen) atoms.